The highest BCUT2D eigenvalue weighted by atomic mass is 16.7. The number of ether oxygens (including phenoxy) is 3. The Hall–Kier alpha value is -0.160. The summed E-state index contributed by atoms with van der Waals surface area (Å²) in [4.78, 5) is 0. The predicted molar refractivity (Wildman–Crippen MR) is 31.4 cm³/mol. The quantitative estimate of drug-likeness (QED) is 0.488. The normalized spacial score (nSPS) is 52.2. The van der Waals surface area contributed by atoms with Gasteiger partial charge in [0.2, 0.25) is 0 Å². The van der Waals surface area contributed by atoms with Crippen molar-refractivity contribution in [1.29, 1.82) is 0 Å². The summed E-state index contributed by atoms with van der Waals surface area (Å²) in [5, 5.41) is 9.40. The minimum Gasteiger partial charge on any atom is -0.385 e. The molecule has 4 heteroatoms. The Kier molecular flexibility index (Phi) is 1.25. The topological polar surface area (TPSA) is 51.2 Å². The summed E-state index contributed by atoms with van der Waals surface area (Å²) in [6.45, 7) is 1.04. The van der Waals surface area contributed by atoms with Crippen molar-refractivity contribution >= 4 is 0 Å². The van der Waals surface area contributed by atoms with Gasteiger partial charge in [-0.05, 0) is 0 Å². The van der Waals surface area contributed by atoms with Crippen molar-refractivity contribution < 1.29 is 19.3 Å². The van der Waals surface area contributed by atoms with Gasteiger partial charge in [0, 0.05) is 7.11 Å². The third kappa shape index (κ3) is 0.703. The lowest BCUT2D eigenvalue weighted by molar-refractivity contribution is -0.133. The van der Waals surface area contributed by atoms with Gasteiger partial charge in [0.15, 0.2) is 6.29 Å². The van der Waals surface area contributed by atoms with Crippen LogP contribution in [0.5, 0.6) is 0 Å². The lowest BCUT2D eigenvalue weighted by atomic mass is 10.1. The van der Waals surface area contributed by atoms with Crippen molar-refractivity contribution in [2.75, 3.05) is 20.3 Å². The number of methoxy groups -OCH3 is 1. The molecule has 4 nitrogen and oxygen atoms in total. The molecule has 2 aliphatic rings. The number of aliphatic hydroxyl groups excluding tert-OH is 1. The molecule has 0 aliphatic carbocycles. The predicted octanol–water partition coefficient (Wildman–Crippen LogP) is -0.881. The van der Waals surface area contributed by atoms with E-state index in [-0.39, 0.29) is 0 Å². The van der Waals surface area contributed by atoms with Crippen LogP contribution in [-0.2, 0) is 14.2 Å². The van der Waals surface area contributed by atoms with Gasteiger partial charge >= 0.3 is 0 Å². The summed E-state index contributed by atoms with van der Waals surface area (Å²) < 4.78 is 15.0. The van der Waals surface area contributed by atoms with E-state index in [2.05, 4.69) is 0 Å². The Morgan fingerprint density at radius 1 is 1.60 bits per heavy atom. The SMILES string of the molecule is COC1OC[C@]2(CO2)[C@H]1O. The van der Waals surface area contributed by atoms with E-state index in [1.807, 2.05) is 0 Å². The molecule has 0 aromatic rings. The van der Waals surface area contributed by atoms with Crippen LogP contribution in [0.3, 0.4) is 0 Å². The Labute approximate surface area is 58.7 Å². The maximum absolute atomic E-state index is 9.40. The van der Waals surface area contributed by atoms with E-state index >= 15 is 0 Å². The molecule has 0 radical (unpaired) electrons. The van der Waals surface area contributed by atoms with Gasteiger partial charge in [0.05, 0.1) is 13.2 Å². The van der Waals surface area contributed by atoms with E-state index in [0.717, 1.165) is 0 Å². The fourth-order valence-corrected chi connectivity index (χ4v) is 1.19. The number of aliphatic hydroxyl groups is 1. The van der Waals surface area contributed by atoms with E-state index in [1.54, 1.807) is 0 Å². The van der Waals surface area contributed by atoms with Gasteiger partial charge < -0.3 is 19.3 Å². The largest absolute Gasteiger partial charge is 0.385 e. The maximum Gasteiger partial charge on any atom is 0.186 e. The van der Waals surface area contributed by atoms with Crippen LogP contribution >= 0.6 is 0 Å². The third-order valence-electron chi connectivity index (χ3n) is 2.04. The third-order valence-corrected chi connectivity index (χ3v) is 2.04. The molecule has 2 aliphatic heterocycles. The van der Waals surface area contributed by atoms with Crippen molar-refractivity contribution in [1.82, 2.24) is 0 Å². The highest BCUT2D eigenvalue weighted by Gasteiger charge is 2.59. The minimum absolute atomic E-state index is 0.416. The van der Waals surface area contributed by atoms with Gasteiger partial charge in [-0.1, -0.05) is 0 Å². The molecule has 1 unspecified atom stereocenters. The number of epoxide rings is 1. The van der Waals surface area contributed by atoms with Crippen molar-refractivity contribution in [3.63, 3.8) is 0 Å². The minimum atomic E-state index is -0.613. The van der Waals surface area contributed by atoms with Gasteiger partial charge in [-0.3, -0.25) is 0 Å². The van der Waals surface area contributed by atoms with E-state index in [4.69, 9.17) is 14.2 Å². The van der Waals surface area contributed by atoms with Gasteiger partial charge in [0.1, 0.15) is 11.7 Å². The zero-order valence-corrected chi connectivity index (χ0v) is 5.74. The van der Waals surface area contributed by atoms with Crippen molar-refractivity contribution in [3.05, 3.63) is 0 Å². The molecule has 3 atom stereocenters. The van der Waals surface area contributed by atoms with Crippen molar-refractivity contribution in [2.24, 2.45) is 0 Å². The second-order valence-corrected chi connectivity index (χ2v) is 2.71. The molecule has 0 aromatic carbocycles. The van der Waals surface area contributed by atoms with Crippen LogP contribution in [0, 0.1) is 0 Å². The molecule has 1 N–H and O–H groups in total. The molecule has 2 fully saturated rings. The van der Waals surface area contributed by atoms with E-state index < -0.39 is 18.0 Å². The Morgan fingerprint density at radius 2 is 2.30 bits per heavy atom. The molecule has 2 rings (SSSR count). The molecule has 0 bridgehead atoms. The van der Waals surface area contributed by atoms with Crippen LogP contribution in [0.1, 0.15) is 0 Å². The lowest BCUT2D eigenvalue weighted by Gasteiger charge is -2.11. The van der Waals surface area contributed by atoms with E-state index in [1.165, 1.54) is 7.11 Å². The van der Waals surface area contributed by atoms with Crippen LogP contribution in [0.4, 0.5) is 0 Å². The first-order valence-corrected chi connectivity index (χ1v) is 3.25. The Balaban J connectivity index is 2.05. The van der Waals surface area contributed by atoms with Gasteiger partial charge in [-0.2, -0.15) is 0 Å². The van der Waals surface area contributed by atoms with Gasteiger partial charge in [-0.15, -0.1) is 0 Å². The number of hydrogen-bond acceptors (Lipinski definition) is 4. The van der Waals surface area contributed by atoms with Gasteiger partial charge in [-0.25, -0.2) is 0 Å². The van der Waals surface area contributed by atoms with Crippen molar-refractivity contribution in [2.45, 2.75) is 18.0 Å². The molecule has 10 heavy (non-hydrogen) atoms. The van der Waals surface area contributed by atoms with Crippen LogP contribution in [-0.4, -0.2) is 43.4 Å². The highest BCUT2D eigenvalue weighted by molar-refractivity contribution is 5.04. The molecular formula is C6H10O4. The molecule has 2 heterocycles. The van der Waals surface area contributed by atoms with Crippen LogP contribution in [0.25, 0.3) is 0 Å². The molecule has 1 spiro atoms. The van der Waals surface area contributed by atoms with E-state index in [0.29, 0.717) is 13.2 Å². The lowest BCUT2D eigenvalue weighted by Crippen LogP contribution is -2.33. The smallest absolute Gasteiger partial charge is 0.186 e. The summed E-state index contributed by atoms with van der Waals surface area (Å²) in [5.41, 5.74) is -0.416. The van der Waals surface area contributed by atoms with Crippen molar-refractivity contribution in [3.8, 4) is 0 Å². The second kappa shape index (κ2) is 1.92. The van der Waals surface area contributed by atoms with E-state index in [9.17, 15) is 5.11 Å². The molecular weight excluding hydrogens is 136 g/mol. The first-order valence-electron chi connectivity index (χ1n) is 3.25. The Morgan fingerprint density at radius 3 is 2.60 bits per heavy atom. The maximum atomic E-state index is 9.40. The molecule has 0 saturated carbocycles. The summed E-state index contributed by atoms with van der Waals surface area (Å²) in [6, 6.07) is 0. The standard InChI is InChI=1S/C6H10O4/c1-8-5-4(7)6(2-9-5)3-10-6/h4-5,7H,2-3H2,1H3/t4-,5?,6-/m0/s1. The molecule has 2 saturated heterocycles. The molecule has 58 valence electrons. The summed E-state index contributed by atoms with van der Waals surface area (Å²) in [6.07, 6.45) is -1.11. The number of hydrogen-bond donors (Lipinski definition) is 1. The fourth-order valence-electron chi connectivity index (χ4n) is 1.19. The summed E-state index contributed by atoms with van der Waals surface area (Å²) >= 11 is 0. The Bertz CT molecular complexity index is 143. The average molecular weight is 146 g/mol. The first kappa shape index (κ1) is 6.54. The zero-order chi connectivity index (χ0) is 7.19. The number of rotatable bonds is 1. The fraction of sp³-hybridized carbons (Fsp3) is 1.00. The van der Waals surface area contributed by atoms with Gasteiger partial charge in [0.25, 0.3) is 0 Å². The second-order valence-electron chi connectivity index (χ2n) is 2.71. The average Bonchev–Trinajstić information content (AvgIpc) is 2.63. The van der Waals surface area contributed by atoms with Crippen LogP contribution in [0.15, 0.2) is 0 Å². The first-order chi connectivity index (χ1) is 4.78. The van der Waals surface area contributed by atoms with Crippen LogP contribution < -0.4 is 0 Å². The zero-order valence-electron chi connectivity index (χ0n) is 5.74. The summed E-state index contributed by atoms with van der Waals surface area (Å²) in [7, 11) is 1.51. The monoisotopic (exact) mass is 146 g/mol. The summed E-state index contributed by atoms with van der Waals surface area (Å²) in [5.74, 6) is 0. The molecule has 0 aromatic heterocycles. The van der Waals surface area contributed by atoms with Crippen LogP contribution in [0.2, 0.25) is 0 Å². The highest BCUT2D eigenvalue weighted by Crippen LogP contribution is 2.38. The molecule has 0 amide bonds.